The van der Waals surface area contributed by atoms with Crippen molar-refractivity contribution in [1.82, 2.24) is 0 Å². The number of alkyl halides is 6. The number of aromatic carboxylic acids is 2. The topological polar surface area (TPSA) is 141 Å². The van der Waals surface area contributed by atoms with Gasteiger partial charge in [0.15, 0.2) is 0 Å². The summed E-state index contributed by atoms with van der Waals surface area (Å²) in [7, 11) is 0. The van der Waals surface area contributed by atoms with Crippen LogP contribution in [0.25, 0.3) is 22.3 Å². The van der Waals surface area contributed by atoms with Crippen LogP contribution in [-0.4, -0.2) is 44.7 Å². The zero-order chi connectivity index (χ0) is 39.3. The van der Waals surface area contributed by atoms with Crippen molar-refractivity contribution in [1.29, 1.82) is 0 Å². The van der Waals surface area contributed by atoms with Gasteiger partial charge in [-0.15, -0.1) is 0 Å². The number of fused-ring (bicyclic) bond motifs is 6. The highest BCUT2D eigenvalue weighted by Gasteiger charge is 2.62. The Morgan fingerprint density at radius 1 is 0.585 bits per heavy atom. The number of hydrogen-bond acceptors (Lipinski definition) is 5. The summed E-state index contributed by atoms with van der Waals surface area (Å²) in [5.74, 6) is -2.68. The highest BCUT2D eigenvalue weighted by atomic mass is 19.4. The second-order valence-corrected chi connectivity index (χ2v) is 12.7. The maximum absolute atomic E-state index is 13.6. The maximum atomic E-state index is 13.6. The minimum absolute atomic E-state index is 0.159. The standard InChI is InChI=1S/2C16H11F3O3.C8H11N/c2*1-8-6-9(14(20)21)7-12-13(8)10-4-2-3-5-11(10)15(12,22)16(17,18)19;1-7(9)8-5-3-2-4-6-8/h2*2-7,22H,1H3,(H,20,21);2-7H,9H2,1H3/t;;7-/m..1/s1. The third-order valence-electron chi connectivity index (χ3n) is 9.26. The minimum atomic E-state index is -4.96. The average Bonchev–Trinajstić information content (AvgIpc) is 3.53. The molecule has 5 aromatic rings. The number of benzene rings is 5. The van der Waals surface area contributed by atoms with Gasteiger partial charge in [0.05, 0.1) is 11.1 Å². The molecule has 0 amide bonds. The van der Waals surface area contributed by atoms with Gasteiger partial charge >= 0.3 is 24.3 Å². The summed E-state index contributed by atoms with van der Waals surface area (Å²) in [5.41, 5.74) is 0.191. The van der Waals surface area contributed by atoms with Crippen LogP contribution >= 0.6 is 0 Å². The van der Waals surface area contributed by atoms with E-state index in [-0.39, 0.29) is 50.5 Å². The molecule has 0 heterocycles. The van der Waals surface area contributed by atoms with Gasteiger partial charge in [0, 0.05) is 28.3 Å². The number of aliphatic hydroxyl groups is 2. The lowest BCUT2D eigenvalue weighted by Crippen LogP contribution is -2.41. The number of carboxylic acids is 2. The molecule has 2 unspecified atom stereocenters. The molecule has 5 aromatic carbocycles. The van der Waals surface area contributed by atoms with Crippen molar-refractivity contribution in [2.75, 3.05) is 0 Å². The Balaban J connectivity index is 0.000000167. The van der Waals surface area contributed by atoms with Crippen molar-refractivity contribution in [3.8, 4) is 22.3 Å². The van der Waals surface area contributed by atoms with Crippen LogP contribution in [0.5, 0.6) is 0 Å². The monoisotopic (exact) mass is 737 g/mol. The summed E-state index contributed by atoms with van der Waals surface area (Å²) in [6, 6.07) is 26.0. The number of aryl methyl sites for hydroxylation is 2. The number of carbonyl (C=O) groups is 2. The zero-order valence-electron chi connectivity index (χ0n) is 28.3. The highest BCUT2D eigenvalue weighted by molar-refractivity contribution is 5.93. The first-order chi connectivity index (χ1) is 24.7. The molecular formula is C40H33F6NO6. The number of hydrogen-bond donors (Lipinski definition) is 5. The fourth-order valence-corrected chi connectivity index (χ4v) is 6.80. The molecule has 0 spiro atoms. The van der Waals surface area contributed by atoms with Gasteiger partial charge in [0.25, 0.3) is 0 Å². The fourth-order valence-electron chi connectivity index (χ4n) is 6.80. The summed E-state index contributed by atoms with van der Waals surface area (Å²) in [5, 5.41) is 39.0. The van der Waals surface area contributed by atoms with E-state index in [2.05, 4.69) is 0 Å². The van der Waals surface area contributed by atoms with E-state index >= 15 is 0 Å². The number of halogens is 6. The quantitative estimate of drug-likeness (QED) is 0.117. The lowest BCUT2D eigenvalue weighted by molar-refractivity contribution is -0.247. The Hall–Kier alpha value is -5.50. The van der Waals surface area contributed by atoms with Crippen molar-refractivity contribution in [3.63, 3.8) is 0 Å². The van der Waals surface area contributed by atoms with E-state index in [4.69, 9.17) is 15.9 Å². The van der Waals surface area contributed by atoms with Crippen LogP contribution in [0.3, 0.4) is 0 Å². The van der Waals surface area contributed by atoms with Crippen molar-refractivity contribution in [2.24, 2.45) is 5.73 Å². The molecule has 7 rings (SSSR count). The fraction of sp³-hybridized carbons (Fsp3) is 0.200. The van der Waals surface area contributed by atoms with E-state index in [1.807, 2.05) is 37.3 Å². The Morgan fingerprint density at radius 2 is 0.925 bits per heavy atom. The molecule has 0 bridgehead atoms. The van der Waals surface area contributed by atoms with Gasteiger partial charge in [0.2, 0.25) is 11.2 Å². The molecule has 13 heteroatoms. The van der Waals surface area contributed by atoms with E-state index in [0.717, 1.165) is 12.1 Å². The van der Waals surface area contributed by atoms with Crippen molar-refractivity contribution < 1.29 is 56.4 Å². The molecule has 2 aliphatic carbocycles. The molecule has 7 nitrogen and oxygen atoms in total. The number of rotatable bonds is 3. The summed E-state index contributed by atoms with van der Waals surface area (Å²) >= 11 is 0. The predicted molar refractivity (Wildman–Crippen MR) is 184 cm³/mol. The first-order valence-electron chi connectivity index (χ1n) is 16.0. The van der Waals surface area contributed by atoms with Crippen LogP contribution in [0.1, 0.15) is 72.6 Å². The van der Waals surface area contributed by atoms with Crippen LogP contribution in [0.2, 0.25) is 0 Å². The molecule has 0 aromatic heterocycles. The Morgan fingerprint density at radius 3 is 1.23 bits per heavy atom. The van der Waals surface area contributed by atoms with E-state index < -0.39 is 46.6 Å². The molecule has 53 heavy (non-hydrogen) atoms. The Bertz CT molecular complexity index is 2080. The van der Waals surface area contributed by atoms with Gasteiger partial charge in [-0.3, -0.25) is 0 Å². The van der Waals surface area contributed by atoms with Gasteiger partial charge in [0.1, 0.15) is 0 Å². The minimum Gasteiger partial charge on any atom is -0.478 e. The van der Waals surface area contributed by atoms with E-state index in [1.54, 1.807) is 12.1 Å². The van der Waals surface area contributed by atoms with Crippen LogP contribution in [0.15, 0.2) is 103 Å². The van der Waals surface area contributed by atoms with Crippen molar-refractivity contribution in [2.45, 2.75) is 50.4 Å². The van der Waals surface area contributed by atoms with Crippen LogP contribution < -0.4 is 5.73 Å². The lowest BCUT2D eigenvalue weighted by Gasteiger charge is -2.28. The second kappa shape index (κ2) is 13.8. The molecule has 3 atom stereocenters. The molecule has 0 aliphatic heterocycles. The number of carboxylic acid groups (broad SMARTS) is 2. The Labute approximate surface area is 299 Å². The maximum Gasteiger partial charge on any atom is 0.425 e. The van der Waals surface area contributed by atoms with Gasteiger partial charge in [-0.25, -0.2) is 9.59 Å². The summed E-state index contributed by atoms with van der Waals surface area (Å²) < 4.78 is 81.4. The first-order valence-corrected chi connectivity index (χ1v) is 16.0. The van der Waals surface area contributed by atoms with Crippen LogP contribution in [0, 0.1) is 13.8 Å². The Kier molecular flexibility index (Phi) is 10.1. The molecule has 276 valence electrons. The van der Waals surface area contributed by atoms with Gasteiger partial charge in [-0.2, -0.15) is 26.3 Å². The molecule has 6 N–H and O–H groups in total. The van der Waals surface area contributed by atoms with Gasteiger partial charge in [-0.05, 0) is 84.0 Å². The highest BCUT2D eigenvalue weighted by Crippen LogP contribution is 2.57. The van der Waals surface area contributed by atoms with Crippen molar-refractivity contribution in [3.05, 3.63) is 153 Å². The van der Waals surface area contributed by atoms with E-state index in [0.29, 0.717) is 11.1 Å². The third kappa shape index (κ3) is 6.56. The molecule has 0 saturated carbocycles. The smallest absolute Gasteiger partial charge is 0.425 e. The van der Waals surface area contributed by atoms with Crippen LogP contribution in [-0.2, 0) is 11.2 Å². The molecular weight excluding hydrogens is 704 g/mol. The van der Waals surface area contributed by atoms with Crippen molar-refractivity contribution >= 4 is 11.9 Å². The molecule has 0 fully saturated rings. The molecule has 0 saturated heterocycles. The average molecular weight is 738 g/mol. The molecule has 2 aliphatic rings. The summed E-state index contributed by atoms with van der Waals surface area (Å²) in [6.07, 6.45) is -9.92. The van der Waals surface area contributed by atoms with Gasteiger partial charge in [-0.1, -0.05) is 78.9 Å². The zero-order valence-corrected chi connectivity index (χ0v) is 28.3. The number of nitrogens with two attached hydrogens (primary N) is 1. The largest absolute Gasteiger partial charge is 0.478 e. The second-order valence-electron chi connectivity index (χ2n) is 12.7. The SMILES string of the molecule is C[C@@H](N)c1ccccc1.Cc1cc(C(=O)O)cc2c1-c1ccccc1C2(O)C(F)(F)F.Cc1cc(C(=O)O)cc2c1-c1ccccc1C2(O)C(F)(F)F. The lowest BCUT2D eigenvalue weighted by atomic mass is 9.89. The summed E-state index contributed by atoms with van der Waals surface area (Å²) in [6.45, 7) is 5.05. The predicted octanol–water partition coefficient (Wildman–Crippen LogP) is 8.65. The first kappa shape index (κ1) is 38.7. The van der Waals surface area contributed by atoms with Crippen LogP contribution in [0.4, 0.5) is 26.3 Å². The third-order valence-corrected chi connectivity index (χ3v) is 9.26. The summed E-state index contributed by atoms with van der Waals surface area (Å²) in [4.78, 5) is 22.2. The van der Waals surface area contributed by atoms with E-state index in [1.165, 1.54) is 67.9 Å². The van der Waals surface area contributed by atoms with E-state index in [9.17, 15) is 46.1 Å². The normalized spacial score (nSPS) is 18.6. The van der Waals surface area contributed by atoms with Gasteiger partial charge < -0.3 is 26.2 Å². The molecule has 0 radical (unpaired) electrons.